The lowest BCUT2D eigenvalue weighted by Crippen LogP contribution is -2.39. The largest absolute Gasteiger partial charge is 0.348 e. The number of benzene rings is 1. The van der Waals surface area contributed by atoms with Crippen LogP contribution >= 0.6 is 15.9 Å². The van der Waals surface area contributed by atoms with Crippen LogP contribution in [0.4, 0.5) is 0 Å². The second-order valence-corrected chi connectivity index (χ2v) is 9.90. The van der Waals surface area contributed by atoms with Crippen LogP contribution in [-0.4, -0.2) is 36.8 Å². The van der Waals surface area contributed by atoms with Gasteiger partial charge in [0.25, 0.3) is 5.91 Å². The van der Waals surface area contributed by atoms with E-state index < -0.39 is 0 Å². The average Bonchev–Trinajstić information content (AvgIpc) is 3.43. The number of imidazole rings is 1. The molecule has 7 nitrogen and oxygen atoms in total. The molecule has 0 bridgehead atoms. The zero-order valence-electron chi connectivity index (χ0n) is 19.9. The maximum absolute atomic E-state index is 13.0. The maximum atomic E-state index is 13.0. The molecule has 1 fully saturated rings. The van der Waals surface area contributed by atoms with E-state index in [0.29, 0.717) is 17.7 Å². The van der Waals surface area contributed by atoms with Crippen molar-refractivity contribution in [2.75, 3.05) is 0 Å². The van der Waals surface area contributed by atoms with Crippen LogP contribution < -0.4 is 5.32 Å². The number of carbonyl (C=O) groups is 2. The molecule has 0 spiro atoms. The van der Waals surface area contributed by atoms with Crippen LogP contribution in [0.3, 0.4) is 0 Å². The molecule has 5 rings (SSSR count). The fourth-order valence-electron chi connectivity index (χ4n) is 5.02. The van der Waals surface area contributed by atoms with Crippen molar-refractivity contribution < 1.29 is 9.59 Å². The number of pyridine rings is 1. The summed E-state index contributed by atoms with van der Waals surface area (Å²) in [6.45, 7) is 1.87. The van der Waals surface area contributed by atoms with E-state index in [0.717, 1.165) is 52.8 Å². The minimum Gasteiger partial charge on any atom is -0.348 e. The van der Waals surface area contributed by atoms with Crippen LogP contribution in [0.1, 0.15) is 65.9 Å². The minimum atomic E-state index is -0.0630. The van der Waals surface area contributed by atoms with E-state index >= 15 is 0 Å². The molecule has 8 heteroatoms. The molecule has 3 aromatic heterocycles. The van der Waals surface area contributed by atoms with Crippen molar-refractivity contribution in [3.63, 3.8) is 0 Å². The van der Waals surface area contributed by atoms with Gasteiger partial charge in [0.15, 0.2) is 11.6 Å². The Morgan fingerprint density at radius 1 is 1.14 bits per heavy atom. The molecule has 180 valence electrons. The summed E-state index contributed by atoms with van der Waals surface area (Å²) in [5.74, 6) is 0.839. The number of aromatic nitrogens is 4. The highest BCUT2D eigenvalue weighted by molar-refractivity contribution is 9.10. The van der Waals surface area contributed by atoms with Gasteiger partial charge in [0.2, 0.25) is 0 Å². The Morgan fingerprint density at radius 2 is 2.00 bits per heavy atom. The maximum Gasteiger partial charge on any atom is 0.268 e. The highest BCUT2D eigenvalue weighted by atomic mass is 79.9. The second-order valence-electron chi connectivity index (χ2n) is 9.09. The summed E-state index contributed by atoms with van der Waals surface area (Å²) >= 11 is 3.46. The Balaban J connectivity index is 1.49. The number of carbonyl (C=O) groups excluding carboxylic acids is 2. The molecule has 1 N–H and O–H groups in total. The molecular weight excluding hydrogens is 506 g/mol. The van der Waals surface area contributed by atoms with Gasteiger partial charge in [-0.15, -0.1) is 0 Å². The molecule has 2 atom stereocenters. The smallest absolute Gasteiger partial charge is 0.268 e. The third kappa shape index (κ3) is 4.55. The quantitative estimate of drug-likeness (QED) is 0.322. The fourth-order valence-corrected chi connectivity index (χ4v) is 5.35. The first-order valence-corrected chi connectivity index (χ1v) is 12.8. The summed E-state index contributed by atoms with van der Waals surface area (Å²) in [6.07, 6.45) is 5.96. The van der Waals surface area contributed by atoms with Gasteiger partial charge >= 0.3 is 0 Å². The number of hydrogen-bond donors (Lipinski definition) is 1. The molecule has 4 aromatic rings. The molecular formula is C27H28BrN5O2. The molecule has 3 heterocycles. The molecule has 1 amide bonds. The Hall–Kier alpha value is -3.26. The Kier molecular flexibility index (Phi) is 6.56. The predicted molar refractivity (Wildman–Crippen MR) is 139 cm³/mol. The van der Waals surface area contributed by atoms with Crippen molar-refractivity contribution in [1.82, 2.24) is 24.4 Å². The number of halogens is 1. The van der Waals surface area contributed by atoms with Crippen LogP contribution in [0.2, 0.25) is 0 Å². The van der Waals surface area contributed by atoms with Crippen LogP contribution in [0.25, 0.3) is 22.6 Å². The molecule has 0 radical (unpaired) electrons. The van der Waals surface area contributed by atoms with Gasteiger partial charge in [-0.1, -0.05) is 13.0 Å². The third-order valence-electron chi connectivity index (χ3n) is 6.87. The van der Waals surface area contributed by atoms with E-state index in [1.165, 1.54) is 0 Å². The Bertz CT molecular complexity index is 1390. The first kappa shape index (κ1) is 23.5. The van der Waals surface area contributed by atoms with E-state index in [1.807, 2.05) is 67.1 Å². The molecule has 2 unspecified atom stereocenters. The fraction of sp³-hybridized carbons (Fsp3) is 0.333. The normalized spacial score (nSPS) is 18.0. The van der Waals surface area contributed by atoms with Crippen molar-refractivity contribution in [3.8, 4) is 11.5 Å². The molecule has 1 aliphatic rings. The van der Waals surface area contributed by atoms with Crippen LogP contribution in [-0.2, 0) is 7.05 Å². The highest BCUT2D eigenvalue weighted by Gasteiger charge is 2.29. The topological polar surface area (TPSA) is 81.8 Å². The van der Waals surface area contributed by atoms with Crippen LogP contribution in [0.15, 0.2) is 59.3 Å². The number of ketones is 1. The van der Waals surface area contributed by atoms with Gasteiger partial charge in [-0.2, -0.15) is 0 Å². The van der Waals surface area contributed by atoms with E-state index in [-0.39, 0.29) is 23.8 Å². The van der Waals surface area contributed by atoms with E-state index in [2.05, 4.69) is 30.8 Å². The van der Waals surface area contributed by atoms with Crippen molar-refractivity contribution >= 4 is 38.7 Å². The third-order valence-corrected chi connectivity index (χ3v) is 7.66. The zero-order chi connectivity index (χ0) is 24.5. The van der Waals surface area contributed by atoms with Crippen molar-refractivity contribution in [3.05, 3.63) is 70.6 Å². The van der Waals surface area contributed by atoms with Gasteiger partial charge in [0.1, 0.15) is 11.4 Å². The van der Waals surface area contributed by atoms with Crippen molar-refractivity contribution in [2.45, 2.75) is 51.1 Å². The summed E-state index contributed by atoms with van der Waals surface area (Å²) in [5, 5.41) is 3.25. The van der Waals surface area contributed by atoms with Crippen molar-refractivity contribution in [1.29, 1.82) is 0 Å². The van der Waals surface area contributed by atoms with Gasteiger partial charge in [0.05, 0.1) is 15.6 Å². The molecule has 0 saturated heterocycles. The van der Waals surface area contributed by atoms with Crippen molar-refractivity contribution in [2.24, 2.45) is 7.05 Å². The number of hydrogen-bond acceptors (Lipinski definition) is 4. The molecule has 1 aliphatic carbocycles. The summed E-state index contributed by atoms with van der Waals surface area (Å²) < 4.78 is 4.97. The van der Waals surface area contributed by atoms with E-state index in [1.54, 1.807) is 6.20 Å². The zero-order valence-corrected chi connectivity index (χ0v) is 21.5. The summed E-state index contributed by atoms with van der Waals surface area (Å²) in [4.78, 5) is 34.8. The first-order valence-electron chi connectivity index (χ1n) is 12.0. The predicted octanol–water partition coefficient (Wildman–Crippen LogP) is 5.71. The number of nitrogens with one attached hydrogen (secondary N) is 1. The number of fused-ring (bicyclic) bond motifs is 1. The Labute approximate surface area is 212 Å². The molecule has 0 aliphatic heterocycles. The highest BCUT2D eigenvalue weighted by Crippen LogP contribution is 2.36. The number of amides is 1. The number of rotatable bonds is 6. The second kappa shape index (κ2) is 9.77. The monoisotopic (exact) mass is 533 g/mol. The lowest BCUT2D eigenvalue weighted by molar-refractivity contribution is 0.0912. The van der Waals surface area contributed by atoms with Gasteiger partial charge in [-0.05, 0) is 84.1 Å². The average molecular weight is 534 g/mol. The lowest BCUT2D eigenvalue weighted by atomic mass is 9.90. The lowest BCUT2D eigenvalue weighted by Gasteiger charge is -2.32. The summed E-state index contributed by atoms with van der Waals surface area (Å²) in [6, 6.07) is 15.5. The summed E-state index contributed by atoms with van der Waals surface area (Å²) in [7, 11) is 1.87. The molecule has 1 aromatic carbocycles. The first-order chi connectivity index (χ1) is 17.0. The standard InChI is InChI=1S/C27H28BrN5O2/c1-3-24(34)17-10-11-22-21(15-17)31-26(20-9-4-5-14-29-20)33(22)19-8-6-7-18(16-19)30-27(35)23-12-13-25(28)32(23)2/h4-5,9-15,18-19H,3,6-8,16H2,1-2H3,(H,30,35). The summed E-state index contributed by atoms with van der Waals surface area (Å²) in [5.41, 5.74) is 3.90. The number of nitrogens with zero attached hydrogens (tertiary/aromatic N) is 4. The van der Waals surface area contributed by atoms with Gasteiger partial charge < -0.3 is 14.5 Å². The van der Waals surface area contributed by atoms with Crippen LogP contribution in [0, 0.1) is 0 Å². The van der Waals surface area contributed by atoms with Gasteiger partial charge in [-0.25, -0.2) is 4.98 Å². The van der Waals surface area contributed by atoms with Crippen LogP contribution in [0.5, 0.6) is 0 Å². The van der Waals surface area contributed by atoms with E-state index in [4.69, 9.17) is 4.98 Å². The SMILES string of the molecule is CCC(=O)c1ccc2c(c1)nc(-c1ccccn1)n2C1CCCC(NC(=O)c2ccc(Br)n2C)C1. The van der Waals surface area contributed by atoms with E-state index in [9.17, 15) is 9.59 Å². The molecule has 1 saturated carbocycles. The van der Waals surface area contributed by atoms with Gasteiger partial charge in [-0.3, -0.25) is 14.6 Å². The van der Waals surface area contributed by atoms with Gasteiger partial charge in [0, 0.05) is 37.3 Å². The molecule has 35 heavy (non-hydrogen) atoms. The number of Topliss-reactive ketones (excluding diaryl/α,β-unsaturated/α-hetero) is 1. The Morgan fingerprint density at radius 3 is 2.71 bits per heavy atom. The minimum absolute atomic E-state index is 0.0601.